The molecule has 2 aromatic rings. The highest BCUT2D eigenvalue weighted by Gasteiger charge is 2.33. The van der Waals surface area contributed by atoms with Crippen LogP contribution in [0.3, 0.4) is 0 Å². The topological polar surface area (TPSA) is 61.9 Å². The fourth-order valence-corrected chi connectivity index (χ4v) is 5.05. The number of carbonyl (C=O) groups is 2. The number of rotatable bonds is 9. The van der Waals surface area contributed by atoms with Gasteiger partial charge in [-0.1, -0.05) is 31.5 Å². The van der Waals surface area contributed by atoms with E-state index in [4.69, 9.17) is 4.74 Å². The van der Waals surface area contributed by atoms with Gasteiger partial charge in [-0.25, -0.2) is 4.79 Å². The Labute approximate surface area is 195 Å². The van der Waals surface area contributed by atoms with Gasteiger partial charge in [-0.3, -0.25) is 4.79 Å². The number of nitrogens with zero attached hydrogens (tertiary/aromatic N) is 2. The first kappa shape index (κ1) is 24.1. The number of carbonyl (C=O) groups excluding carboxylic acids is 2. The zero-order valence-corrected chi connectivity index (χ0v) is 20.5. The Kier molecular flexibility index (Phi) is 8.56. The smallest absolute Gasteiger partial charge is 0.317 e. The molecule has 1 N–H and O–H groups in total. The molecule has 0 radical (unpaired) electrons. The van der Waals surface area contributed by atoms with Gasteiger partial charge in [0.15, 0.2) is 0 Å². The van der Waals surface area contributed by atoms with Crippen LogP contribution in [0.15, 0.2) is 29.6 Å². The summed E-state index contributed by atoms with van der Waals surface area (Å²) in [6.07, 6.45) is 2.51. The molecule has 0 spiro atoms. The summed E-state index contributed by atoms with van der Waals surface area (Å²) in [5.74, 6) is 0.813. The molecule has 0 unspecified atom stereocenters. The Bertz CT molecular complexity index is 927. The van der Waals surface area contributed by atoms with Crippen molar-refractivity contribution in [2.45, 2.75) is 53.0 Å². The lowest BCUT2D eigenvalue weighted by atomic mass is 10.00. The van der Waals surface area contributed by atoms with Crippen LogP contribution in [0, 0.1) is 13.8 Å². The van der Waals surface area contributed by atoms with E-state index < -0.39 is 0 Å². The Morgan fingerprint density at radius 3 is 2.75 bits per heavy atom. The molecule has 1 atom stereocenters. The largest absolute Gasteiger partial charge is 0.491 e. The maximum Gasteiger partial charge on any atom is 0.317 e. The van der Waals surface area contributed by atoms with Gasteiger partial charge in [-0.15, -0.1) is 11.3 Å². The molecule has 1 aliphatic rings. The van der Waals surface area contributed by atoms with E-state index in [1.807, 2.05) is 37.8 Å². The normalized spacial score (nSPS) is 15.2. The minimum Gasteiger partial charge on any atom is -0.491 e. The van der Waals surface area contributed by atoms with Crippen LogP contribution in [0.5, 0.6) is 5.75 Å². The van der Waals surface area contributed by atoms with Gasteiger partial charge in [0.25, 0.3) is 0 Å². The number of hydrogen-bond acceptors (Lipinski definition) is 4. The average molecular weight is 458 g/mol. The Morgan fingerprint density at radius 2 is 2.03 bits per heavy atom. The molecule has 0 aliphatic carbocycles. The van der Waals surface area contributed by atoms with Crippen molar-refractivity contribution in [3.05, 3.63) is 51.2 Å². The van der Waals surface area contributed by atoms with E-state index in [1.54, 1.807) is 16.2 Å². The number of nitrogens with one attached hydrogen (secondary N) is 1. The summed E-state index contributed by atoms with van der Waals surface area (Å²) in [6.45, 7) is 10.4. The summed E-state index contributed by atoms with van der Waals surface area (Å²) in [5.41, 5.74) is 3.45. The number of ether oxygens (including phenoxy) is 1. The maximum atomic E-state index is 13.4. The Morgan fingerprint density at radius 1 is 1.22 bits per heavy atom. The molecular formula is C25H35N3O3S. The van der Waals surface area contributed by atoms with Gasteiger partial charge in [0.2, 0.25) is 5.91 Å². The van der Waals surface area contributed by atoms with Crippen LogP contribution in [0.1, 0.15) is 54.3 Å². The number of thiophene rings is 1. The minimum atomic E-state index is -0.168. The lowest BCUT2D eigenvalue weighted by Crippen LogP contribution is -2.50. The van der Waals surface area contributed by atoms with Crippen molar-refractivity contribution in [2.24, 2.45) is 0 Å². The Balaban J connectivity index is 1.75. The van der Waals surface area contributed by atoms with Crippen LogP contribution < -0.4 is 10.1 Å². The van der Waals surface area contributed by atoms with Crippen LogP contribution in [0.25, 0.3) is 0 Å². The first-order valence-corrected chi connectivity index (χ1v) is 12.4. The summed E-state index contributed by atoms with van der Waals surface area (Å²) in [4.78, 5) is 30.8. The SMILES string of the molecule is CCCNC(=O)N(CCC)CC(=O)N1CCc2sccc2[C@H]1COc1ccc(C)cc1C. The second-order valence-corrected chi connectivity index (χ2v) is 9.39. The third kappa shape index (κ3) is 5.82. The summed E-state index contributed by atoms with van der Waals surface area (Å²) >= 11 is 1.74. The molecule has 1 aromatic heterocycles. The van der Waals surface area contributed by atoms with Gasteiger partial charge in [0.05, 0.1) is 6.04 Å². The molecule has 0 fully saturated rings. The molecule has 6 nitrogen and oxygen atoms in total. The fraction of sp³-hybridized carbons (Fsp3) is 0.520. The van der Waals surface area contributed by atoms with Gasteiger partial charge in [0.1, 0.15) is 18.9 Å². The second-order valence-electron chi connectivity index (χ2n) is 8.39. The summed E-state index contributed by atoms with van der Waals surface area (Å²) in [7, 11) is 0. The maximum absolute atomic E-state index is 13.4. The number of amides is 3. The van der Waals surface area contributed by atoms with Crippen molar-refractivity contribution in [2.75, 3.05) is 32.8 Å². The third-order valence-corrected chi connectivity index (χ3v) is 6.77. The number of hydrogen-bond donors (Lipinski definition) is 1. The zero-order valence-electron chi connectivity index (χ0n) is 19.6. The molecule has 7 heteroatoms. The average Bonchev–Trinajstić information content (AvgIpc) is 3.25. The predicted octanol–water partition coefficient (Wildman–Crippen LogP) is 4.70. The van der Waals surface area contributed by atoms with Crippen molar-refractivity contribution in [3.8, 4) is 5.75 Å². The molecule has 32 heavy (non-hydrogen) atoms. The molecule has 0 saturated carbocycles. The van der Waals surface area contributed by atoms with Crippen molar-refractivity contribution in [3.63, 3.8) is 0 Å². The lowest BCUT2D eigenvalue weighted by Gasteiger charge is -2.37. The first-order chi connectivity index (χ1) is 15.4. The van der Waals surface area contributed by atoms with Crippen LogP contribution >= 0.6 is 11.3 Å². The molecule has 3 amide bonds. The zero-order chi connectivity index (χ0) is 23.1. The summed E-state index contributed by atoms with van der Waals surface area (Å²) in [6, 6.07) is 7.92. The van der Waals surface area contributed by atoms with Crippen molar-refractivity contribution in [1.82, 2.24) is 15.1 Å². The van der Waals surface area contributed by atoms with Crippen LogP contribution in [0.2, 0.25) is 0 Å². The molecule has 0 bridgehead atoms. The van der Waals surface area contributed by atoms with Crippen molar-refractivity contribution < 1.29 is 14.3 Å². The number of aryl methyl sites for hydroxylation is 2. The lowest BCUT2D eigenvalue weighted by molar-refractivity contribution is -0.135. The highest BCUT2D eigenvalue weighted by molar-refractivity contribution is 7.10. The number of fused-ring (bicyclic) bond motifs is 1. The van der Waals surface area contributed by atoms with E-state index >= 15 is 0 Å². The molecule has 3 rings (SSSR count). The third-order valence-electron chi connectivity index (χ3n) is 5.78. The number of benzene rings is 1. The fourth-order valence-electron chi connectivity index (χ4n) is 4.12. The summed E-state index contributed by atoms with van der Waals surface area (Å²) in [5, 5.41) is 4.99. The van der Waals surface area contributed by atoms with Gasteiger partial charge >= 0.3 is 6.03 Å². The highest BCUT2D eigenvalue weighted by Crippen LogP contribution is 2.34. The monoisotopic (exact) mass is 457 g/mol. The van der Waals surface area contributed by atoms with E-state index in [2.05, 4.69) is 29.8 Å². The van der Waals surface area contributed by atoms with Gasteiger partial charge < -0.3 is 19.9 Å². The molecule has 2 heterocycles. The molecule has 1 aromatic carbocycles. The second kappa shape index (κ2) is 11.4. The molecule has 1 aliphatic heterocycles. The van der Waals surface area contributed by atoms with E-state index in [0.717, 1.165) is 36.1 Å². The Hall–Kier alpha value is -2.54. The van der Waals surface area contributed by atoms with Crippen LogP contribution in [-0.4, -0.2) is 54.5 Å². The van der Waals surface area contributed by atoms with Gasteiger partial charge in [0, 0.05) is 24.5 Å². The van der Waals surface area contributed by atoms with Crippen molar-refractivity contribution >= 4 is 23.3 Å². The van der Waals surface area contributed by atoms with Gasteiger partial charge in [-0.2, -0.15) is 0 Å². The first-order valence-electron chi connectivity index (χ1n) is 11.5. The summed E-state index contributed by atoms with van der Waals surface area (Å²) < 4.78 is 6.21. The van der Waals surface area contributed by atoms with E-state index in [1.165, 1.54) is 10.4 Å². The van der Waals surface area contributed by atoms with E-state index in [-0.39, 0.29) is 24.5 Å². The minimum absolute atomic E-state index is 0.0313. The molecular weight excluding hydrogens is 422 g/mol. The standard InChI is InChI=1S/C25H35N3O3S/c1-5-11-26-25(30)27(12-6-2)16-24(29)28-13-9-23-20(10-14-32-23)21(28)17-31-22-8-7-18(3)15-19(22)4/h7-8,10,14-15,21H,5-6,9,11-13,16-17H2,1-4H3,(H,26,30)/t21-/m1/s1. The van der Waals surface area contributed by atoms with Crippen LogP contribution in [0.4, 0.5) is 4.79 Å². The molecule has 174 valence electrons. The van der Waals surface area contributed by atoms with Crippen LogP contribution in [-0.2, 0) is 11.2 Å². The molecule has 0 saturated heterocycles. The van der Waals surface area contributed by atoms with E-state index in [9.17, 15) is 9.59 Å². The highest BCUT2D eigenvalue weighted by atomic mass is 32.1. The quantitative estimate of drug-likeness (QED) is 0.594. The van der Waals surface area contributed by atoms with Gasteiger partial charge in [-0.05, 0) is 61.7 Å². The van der Waals surface area contributed by atoms with Crippen molar-refractivity contribution in [1.29, 1.82) is 0 Å². The number of urea groups is 1. The van der Waals surface area contributed by atoms with E-state index in [0.29, 0.717) is 26.2 Å². The predicted molar refractivity (Wildman–Crippen MR) is 129 cm³/mol.